The molecule has 2 heteroatoms. The molecule has 0 saturated carbocycles. The lowest BCUT2D eigenvalue weighted by molar-refractivity contribution is -0.112. The molecule has 2 nitrogen and oxygen atoms in total. The Morgan fingerprint density at radius 1 is 1.53 bits per heavy atom. The maximum Gasteiger partial charge on any atom is 0.181 e. The van der Waals surface area contributed by atoms with Gasteiger partial charge in [-0.2, -0.15) is 0 Å². The number of hydrogen-bond donors (Lipinski definition) is 1. The Morgan fingerprint density at radius 2 is 2.20 bits per heavy atom. The highest BCUT2D eigenvalue weighted by atomic mass is 16.1. The molecule has 0 atom stereocenters. The molecule has 0 heterocycles. The zero-order valence-electron chi connectivity index (χ0n) is 10.0. The molecule has 0 aliphatic heterocycles. The van der Waals surface area contributed by atoms with Crippen molar-refractivity contribution in [2.75, 3.05) is 13.1 Å². The van der Waals surface area contributed by atoms with Crippen LogP contribution in [0.4, 0.5) is 0 Å². The van der Waals surface area contributed by atoms with Gasteiger partial charge in [-0.1, -0.05) is 27.4 Å². The molecular weight excluding hydrogens is 186 g/mol. The third-order valence-corrected chi connectivity index (χ3v) is 2.92. The summed E-state index contributed by atoms with van der Waals surface area (Å²) in [6.45, 7) is 12.1. The second-order valence-corrected chi connectivity index (χ2v) is 4.87. The zero-order chi connectivity index (χ0) is 11.5. The van der Waals surface area contributed by atoms with Gasteiger partial charge < -0.3 is 5.32 Å². The van der Waals surface area contributed by atoms with Crippen LogP contribution in [0.2, 0.25) is 0 Å². The van der Waals surface area contributed by atoms with E-state index in [1.807, 2.05) is 0 Å². The Balaban J connectivity index is 2.71. The van der Waals surface area contributed by atoms with Gasteiger partial charge in [-0.25, -0.2) is 0 Å². The van der Waals surface area contributed by atoms with E-state index in [1.165, 1.54) is 5.57 Å². The number of ketones is 1. The van der Waals surface area contributed by atoms with Gasteiger partial charge in [-0.05, 0) is 42.0 Å². The largest absolute Gasteiger partial charge is 0.313 e. The average Bonchev–Trinajstić information content (AvgIpc) is 2.13. The fourth-order valence-electron chi connectivity index (χ4n) is 1.88. The summed E-state index contributed by atoms with van der Waals surface area (Å²) in [6, 6.07) is 0. The van der Waals surface area contributed by atoms with Crippen molar-refractivity contribution in [1.29, 1.82) is 0 Å². The molecule has 0 aromatic carbocycles. The molecule has 0 bridgehead atoms. The van der Waals surface area contributed by atoms with Crippen molar-refractivity contribution in [2.24, 2.45) is 5.41 Å². The van der Waals surface area contributed by atoms with Crippen molar-refractivity contribution in [2.45, 2.75) is 33.6 Å². The summed E-state index contributed by atoms with van der Waals surface area (Å²) in [4.78, 5) is 11.5. The van der Waals surface area contributed by atoms with Crippen LogP contribution in [0.15, 0.2) is 23.8 Å². The predicted octanol–water partition coefficient (Wildman–Crippen LogP) is 2.47. The van der Waals surface area contributed by atoms with Crippen LogP contribution in [0.25, 0.3) is 0 Å². The summed E-state index contributed by atoms with van der Waals surface area (Å²) in [5.74, 6) is 0.0997. The van der Waals surface area contributed by atoms with E-state index in [4.69, 9.17) is 0 Å². The Hall–Kier alpha value is -0.890. The lowest BCUT2D eigenvalue weighted by Gasteiger charge is -2.32. The van der Waals surface area contributed by atoms with Crippen LogP contribution in [0.3, 0.4) is 0 Å². The summed E-state index contributed by atoms with van der Waals surface area (Å²) in [5.41, 5.74) is 2.01. The smallest absolute Gasteiger partial charge is 0.181 e. The summed E-state index contributed by atoms with van der Waals surface area (Å²) >= 11 is 0. The standard InChI is InChI=1S/C13H21NO/c1-5-6-14-9-11-7-12(15)10(2)8-13(11,3)4/h7,14H,2,5-6,8-9H2,1,3-4H3. The van der Waals surface area contributed by atoms with Crippen LogP contribution in [0.5, 0.6) is 0 Å². The Bertz CT molecular complexity index is 300. The fraction of sp³-hybridized carbons (Fsp3) is 0.615. The first-order valence-electron chi connectivity index (χ1n) is 5.61. The molecule has 84 valence electrons. The highest BCUT2D eigenvalue weighted by Crippen LogP contribution is 2.36. The van der Waals surface area contributed by atoms with Crippen LogP contribution in [-0.2, 0) is 4.79 Å². The molecule has 0 radical (unpaired) electrons. The topological polar surface area (TPSA) is 29.1 Å². The molecule has 0 saturated heterocycles. The van der Waals surface area contributed by atoms with E-state index in [-0.39, 0.29) is 11.2 Å². The van der Waals surface area contributed by atoms with E-state index >= 15 is 0 Å². The van der Waals surface area contributed by atoms with Gasteiger partial charge in [0.15, 0.2) is 5.78 Å². The van der Waals surface area contributed by atoms with Gasteiger partial charge in [0, 0.05) is 6.54 Å². The van der Waals surface area contributed by atoms with Crippen LogP contribution in [0.1, 0.15) is 33.6 Å². The molecule has 0 spiro atoms. The number of rotatable bonds is 4. The lowest BCUT2D eigenvalue weighted by Crippen LogP contribution is -2.31. The molecule has 1 rings (SSSR count). The second-order valence-electron chi connectivity index (χ2n) is 4.87. The third-order valence-electron chi connectivity index (χ3n) is 2.92. The molecule has 0 aromatic heterocycles. The highest BCUT2D eigenvalue weighted by Gasteiger charge is 2.30. The van der Waals surface area contributed by atoms with Gasteiger partial charge in [-0.15, -0.1) is 0 Å². The first kappa shape index (κ1) is 12.2. The number of carbonyl (C=O) groups excluding carboxylic acids is 1. The number of allylic oxidation sites excluding steroid dienone is 2. The molecule has 0 amide bonds. The Labute approximate surface area is 92.4 Å². The van der Waals surface area contributed by atoms with E-state index in [0.717, 1.165) is 31.5 Å². The van der Waals surface area contributed by atoms with Gasteiger partial charge in [0.1, 0.15) is 0 Å². The number of hydrogen-bond acceptors (Lipinski definition) is 2. The van der Waals surface area contributed by atoms with Crippen molar-refractivity contribution < 1.29 is 4.79 Å². The lowest BCUT2D eigenvalue weighted by atomic mass is 9.73. The summed E-state index contributed by atoms with van der Waals surface area (Å²) in [7, 11) is 0. The van der Waals surface area contributed by atoms with Crippen molar-refractivity contribution in [3.05, 3.63) is 23.8 Å². The Morgan fingerprint density at radius 3 is 2.80 bits per heavy atom. The Kier molecular flexibility index (Phi) is 3.86. The summed E-state index contributed by atoms with van der Waals surface area (Å²) in [6.07, 6.45) is 3.66. The van der Waals surface area contributed by atoms with E-state index in [1.54, 1.807) is 6.08 Å². The normalized spacial score (nSPS) is 20.3. The van der Waals surface area contributed by atoms with Crippen molar-refractivity contribution in [1.82, 2.24) is 5.32 Å². The van der Waals surface area contributed by atoms with Crippen LogP contribution in [0, 0.1) is 5.41 Å². The monoisotopic (exact) mass is 207 g/mol. The first-order valence-corrected chi connectivity index (χ1v) is 5.61. The molecular formula is C13H21NO. The number of carbonyl (C=O) groups is 1. The van der Waals surface area contributed by atoms with Crippen molar-refractivity contribution in [3.8, 4) is 0 Å². The minimum absolute atomic E-state index is 0.0751. The zero-order valence-corrected chi connectivity index (χ0v) is 10.0. The molecule has 0 unspecified atom stereocenters. The quantitative estimate of drug-likeness (QED) is 0.567. The maximum atomic E-state index is 11.5. The summed E-state index contributed by atoms with van der Waals surface area (Å²) in [5, 5.41) is 3.35. The second kappa shape index (κ2) is 4.75. The van der Waals surface area contributed by atoms with E-state index < -0.39 is 0 Å². The molecule has 0 aromatic rings. The molecule has 1 aliphatic rings. The third kappa shape index (κ3) is 3.03. The summed E-state index contributed by atoms with van der Waals surface area (Å²) < 4.78 is 0. The van der Waals surface area contributed by atoms with Crippen LogP contribution in [-0.4, -0.2) is 18.9 Å². The van der Waals surface area contributed by atoms with Gasteiger partial charge in [0.2, 0.25) is 0 Å². The van der Waals surface area contributed by atoms with E-state index in [9.17, 15) is 4.79 Å². The molecule has 15 heavy (non-hydrogen) atoms. The molecule has 1 aliphatic carbocycles. The predicted molar refractivity (Wildman–Crippen MR) is 63.8 cm³/mol. The van der Waals surface area contributed by atoms with E-state index in [2.05, 4.69) is 32.7 Å². The van der Waals surface area contributed by atoms with Crippen molar-refractivity contribution in [3.63, 3.8) is 0 Å². The van der Waals surface area contributed by atoms with Gasteiger partial charge in [0.05, 0.1) is 0 Å². The SMILES string of the molecule is C=C1CC(C)(C)C(CNCCC)=CC1=O. The number of nitrogens with one attached hydrogen (secondary N) is 1. The molecule has 0 fully saturated rings. The van der Waals surface area contributed by atoms with Gasteiger partial charge in [-0.3, -0.25) is 4.79 Å². The highest BCUT2D eigenvalue weighted by molar-refractivity contribution is 6.05. The maximum absolute atomic E-state index is 11.5. The average molecular weight is 207 g/mol. The fourth-order valence-corrected chi connectivity index (χ4v) is 1.88. The first-order chi connectivity index (χ1) is 6.97. The molecule has 1 N–H and O–H groups in total. The van der Waals surface area contributed by atoms with Gasteiger partial charge in [0.25, 0.3) is 0 Å². The van der Waals surface area contributed by atoms with Crippen LogP contribution >= 0.6 is 0 Å². The minimum atomic E-state index is 0.0751. The van der Waals surface area contributed by atoms with Gasteiger partial charge >= 0.3 is 0 Å². The van der Waals surface area contributed by atoms with Crippen LogP contribution < -0.4 is 5.32 Å². The van der Waals surface area contributed by atoms with E-state index in [0.29, 0.717) is 0 Å². The minimum Gasteiger partial charge on any atom is -0.313 e. The van der Waals surface area contributed by atoms with Crippen molar-refractivity contribution >= 4 is 5.78 Å².